The van der Waals surface area contributed by atoms with Crippen LogP contribution in [0.3, 0.4) is 0 Å². The number of likely N-dealkylation sites (N-methyl/N-ethyl adjacent to an activating group) is 1. The summed E-state index contributed by atoms with van der Waals surface area (Å²) in [4.78, 5) is 32.9. The fraction of sp³-hybridized carbons (Fsp3) is 0.476. The smallest absolute Gasteiger partial charge is 0.328 e. The minimum Gasteiger partial charge on any atom is -0.359 e. The van der Waals surface area contributed by atoms with Gasteiger partial charge >= 0.3 is 6.03 Å². The number of hydrogen-bond acceptors (Lipinski definition) is 6. The lowest BCUT2D eigenvalue weighted by Gasteiger charge is -2.25. The molecule has 2 aliphatic rings. The Morgan fingerprint density at radius 2 is 2.19 bits per heavy atom. The Bertz CT molecular complexity index is 984. The van der Waals surface area contributed by atoms with Crippen LogP contribution in [-0.2, 0) is 10.2 Å². The van der Waals surface area contributed by atoms with Gasteiger partial charge < -0.3 is 10.2 Å². The maximum atomic E-state index is 13.1. The second-order valence-corrected chi connectivity index (χ2v) is 10.9. The first-order chi connectivity index (χ1) is 14.9. The van der Waals surface area contributed by atoms with Crippen LogP contribution in [0.25, 0.3) is 0 Å². The van der Waals surface area contributed by atoms with Gasteiger partial charge in [-0.25, -0.2) is 9.78 Å². The molecule has 2 aliphatic heterocycles. The van der Waals surface area contributed by atoms with Gasteiger partial charge in [-0.05, 0) is 55.9 Å². The first kappa shape index (κ1) is 22.4. The quantitative estimate of drug-likeness (QED) is 0.483. The van der Waals surface area contributed by atoms with E-state index in [1.165, 1.54) is 11.3 Å². The zero-order valence-corrected chi connectivity index (χ0v) is 20.0. The fourth-order valence-corrected chi connectivity index (χ4v) is 6.38. The molecule has 3 amide bonds. The first-order valence-electron chi connectivity index (χ1n) is 10.3. The first-order valence-corrected chi connectivity index (χ1v) is 12.4. The van der Waals surface area contributed by atoms with Crippen molar-refractivity contribution in [1.29, 1.82) is 0 Å². The van der Waals surface area contributed by atoms with Gasteiger partial charge in [0.25, 0.3) is 0 Å². The summed E-state index contributed by atoms with van der Waals surface area (Å²) in [5.74, 6) is 0.885. The number of amides is 3. The molecule has 2 N–H and O–H groups in total. The van der Waals surface area contributed by atoms with Crippen LogP contribution in [-0.4, -0.2) is 61.3 Å². The SMILES string of the molecule is CNC(=O)CCCSc1cnc(NC(=O)N2CC3(CCN(C)C3)c3cc(Cl)ccc32)s1. The van der Waals surface area contributed by atoms with Crippen LogP contribution in [0.1, 0.15) is 24.8 Å². The number of rotatable bonds is 6. The van der Waals surface area contributed by atoms with E-state index < -0.39 is 0 Å². The summed E-state index contributed by atoms with van der Waals surface area (Å²) in [5, 5.41) is 6.88. The van der Waals surface area contributed by atoms with E-state index in [1.807, 2.05) is 23.1 Å². The Hall–Kier alpha value is -1.81. The zero-order chi connectivity index (χ0) is 22.0. The van der Waals surface area contributed by atoms with Gasteiger partial charge in [-0.15, -0.1) is 11.8 Å². The molecule has 10 heteroatoms. The molecule has 1 spiro atoms. The van der Waals surface area contributed by atoms with Crippen LogP contribution in [0.4, 0.5) is 15.6 Å². The topological polar surface area (TPSA) is 77.6 Å². The van der Waals surface area contributed by atoms with Crippen molar-refractivity contribution in [2.45, 2.75) is 28.9 Å². The van der Waals surface area contributed by atoms with Crippen molar-refractivity contribution in [2.24, 2.45) is 0 Å². The third kappa shape index (κ3) is 4.84. The number of hydrogen-bond donors (Lipinski definition) is 2. The lowest BCUT2D eigenvalue weighted by molar-refractivity contribution is -0.120. The Labute approximate surface area is 195 Å². The van der Waals surface area contributed by atoms with E-state index in [0.717, 1.165) is 47.1 Å². The molecule has 31 heavy (non-hydrogen) atoms. The van der Waals surface area contributed by atoms with Gasteiger partial charge in [0.05, 0.1) is 10.4 Å². The molecule has 0 saturated carbocycles. The zero-order valence-electron chi connectivity index (χ0n) is 17.6. The predicted molar refractivity (Wildman–Crippen MR) is 128 cm³/mol. The van der Waals surface area contributed by atoms with E-state index in [-0.39, 0.29) is 17.4 Å². The lowest BCUT2D eigenvalue weighted by Crippen LogP contribution is -2.40. The van der Waals surface area contributed by atoms with Gasteiger partial charge in [-0.2, -0.15) is 0 Å². The molecule has 1 aromatic carbocycles. The van der Waals surface area contributed by atoms with Crippen LogP contribution in [0, 0.1) is 0 Å². The molecule has 7 nitrogen and oxygen atoms in total. The summed E-state index contributed by atoms with van der Waals surface area (Å²) in [6.07, 6.45) is 4.10. The summed E-state index contributed by atoms with van der Waals surface area (Å²) in [6, 6.07) is 5.63. The van der Waals surface area contributed by atoms with Crippen molar-refractivity contribution >= 4 is 57.5 Å². The van der Waals surface area contributed by atoms with Crippen LogP contribution in [0.5, 0.6) is 0 Å². The van der Waals surface area contributed by atoms with Crippen molar-refractivity contribution in [3.8, 4) is 0 Å². The number of nitrogens with zero attached hydrogens (tertiary/aromatic N) is 3. The molecule has 0 radical (unpaired) electrons. The highest BCUT2D eigenvalue weighted by Gasteiger charge is 2.48. The van der Waals surface area contributed by atoms with Gasteiger partial charge in [0, 0.05) is 42.7 Å². The highest BCUT2D eigenvalue weighted by Crippen LogP contribution is 2.47. The minimum absolute atomic E-state index is 0.0521. The third-order valence-corrected chi connectivity index (χ3v) is 8.27. The van der Waals surface area contributed by atoms with Crippen LogP contribution >= 0.6 is 34.7 Å². The van der Waals surface area contributed by atoms with E-state index in [0.29, 0.717) is 23.1 Å². The van der Waals surface area contributed by atoms with Crippen molar-refractivity contribution < 1.29 is 9.59 Å². The largest absolute Gasteiger partial charge is 0.359 e. The fourth-order valence-electron chi connectivity index (χ4n) is 4.32. The molecule has 4 rings (SSSR count). The Morgan fingerprint density at radius 3 is 2.94 bits per heavy atom. The van der Waals surface area contributed by atoms with Crippen LogP contribution in [0.15, 0.2) is 28.6 Å². The minimum atomic E-state index is -0.166. The van der Waals surface area contributed by atoms with E-state index in [2.05, 4.69) is 27.6 Å². The van der Waals surface area contributed by atoms with Crippen molar-refractivity contribution in [3.05, 3.63) is 35.0 Å². The highest BCUT2D eigenvalue weighted by atomic mass is 35.5. The van der Waals surface area contributed by atoms with E-state index >= 15 is 0 Å². The number of nitrogens with one attached hydrogen (secondary N) is 2. The van der Waals surface area contributed by atoms with Gasteiger partial charge in [0.2, 0.25) is 5.91 Å². The summed E-state index contributed by atoms with van der Waals surface area (Å²) in [6.45, 7) is 2.57. The van der Waals surface area contributed by atoms with Crippen LogP contribution in [0.2, 0.25) is 5.02 Å². The Morgan fingerprint density at radius 1 is 1.35 bits per heavy atom. The Kier molecular flexibility index (Phi) is 6.76. The number of urea groups is 1. The van der Waals surface area contributed by atoms with Crippen molar-refractivity contribution in [2.75, 3.05) is 49.7 Å². The molecule has 166 valence electrons. The molecule has 1 unspecified atom stereocenters. The number of halogens is 1. The molecule has 1 saturated heterocycles. The number of aromatic nitrogens is 1. The number of anilines is 2. The van der Waals surface area contributed by atoms with Gasteiger partial charge in [0.1, 0.15) is 0 Å². The lowest BCUT2D eigenvalue weighted by atomic mass is 9.81. The van der Waals surface area contributed by atoms with Crippen LogP contribution < -0.4 is 15.5 Å². The summed E-state index contributed by atoms with van der Waals surface area (Å²) >= 11 is 9.40. The van der Waals surface area contributed by atoms with E-state index in [1.54, 1.807) is 25.0 Å². The van der Waals surface area contributed by atoms with E-state index in [4.69, 9.17) is 11.6 Å². The second kappa shape index (κ2) is 9.36. The summed E-state index contributed by atoms with van der Waals surface area (Å²) in [7, 11) is 3.76. The van der Waals surface area contributed by atoms with Crippen molar-refractivity contribution in [3.63, 3.8) is 0 Å². The monoisotopic (exact) mass is 479 g/mol. The standard InChI is InChI=1S/C21H26ClN5O2S2/c1-23-17(28)4-3-9-30-18-11-24-19(31-18)25-20(29)27-13-21(7-8-26(2)12-21)15-10-14(22)5-6-16(15)27/h5-6,10-11H,3-4,7-9,12-13H2,1-2H3,(H,23,28)(H,24,25,29). The average Bonchev–Trinajstić information content (AvgIpc) is 3.43. The maximum Gasteiger partial charge on any atom is 0.328 e. The number of carbonyl (C=O) groups is 2. The molecular weight excluding hydrogens is 454 g/mol. The molecule has 0 aliphatic carbocycles. The number of carbonyl (C=O) groups excluding carboxylic acids is 2. The Balaban J connectivity index is 1.41. The molecular formula is C21H26ClN5O2S2. The van der Waals surface area contributed by atoms with Gasteiger partial charge in [-0.1, -0.05) is 22.9 Å². The maximum absolute atomic E-state index is 13.1. The van der Waals surface area contributed by atoms with Gasteiger partial charge in [0.15, 0.2) is 5.13 Å². The molecule has 1 atom stereocenters. The molecule has 0 bridgehead atoms. The highest BCUT2D eigenvalue weighted by molar-refractivity contribution is 8.01. The second-order valence-electron chi connectivity index (χ2n) is 8.06. The number of likely N-dealkylation sites (tertiary alicyclic amines) is 1. The van der Waals surface area contributed by atoms with Crippen molar-refractivity contribution in [1.82, 2.24) is 15.2 Å². The normalized spacial score (nSPS) is 20.3. The molecule has 2 aromatic rings. The summed E-state index contributed by atoms with van der Waals surface area (Å²) in [5.41, 5.74) is 2.02. The third-order valence-electron chi connectivity index (χ3n) is 5.84. The number of fused-ring (bicyclic) bond motifs is 2. The number of thioether (sulfide) groups is 1. The number of benzene rings is 1. The average molecular weight is 480 g/mol. The number of thiazole rings is 1. The van der Waals surface area contributed by atoms with E-state index in [9.17, 15) is 9.59 Å². The predicted octanol–water partition coefficient (Wildman–Crippen LogP) is 4.04. The summed E-state index contributed by atoms with van der Waals surface area (Å²) < 4.78 is 1.02. The van der Waals surface area contributed by atoms with Gasteiger partial charge in [-0.3, -0.25) is 15.0 Å². The molecule has 1 aromatic heterocycles. The molecule has 1 fully saturated rings. The molecule has 3 heterocycles.